The minimum Gasteiger partial charge on any atom is -0.293 e. The van der Waals surface area contributed by atoms with E-state index >= 15 is 0 Å². The molecule has 0 N–H and O–H groups in total. The Balaban J connectivity index is 1.88. The lowest BCUT2D eigenvalue weighted by Crippen LogP contribution is -1.97. The summed E-state index contributed by atoms with van der Waals surface area (Å²) in [5.41, 5.74) is 1.46. The number of ketones is 1. The van der Waals surface area contributed by atoms with Gasteiger partial charge in [-0.3, -0.25) is 4.79 Å². The van der Waals surface area contributed by atoms with Crippen molar-refractivity contribution in [3.63, 3.8) is 0 Å². The molecule has 0 radical (unpaired) electrons. The van der Waals surface area contributed by atoms with E-state index in [9.17, 15) is 4.79 Å². The molecule has 0 saturated carbocycles. The van der Waals surface area contributed by atoms with Gasteiger partial charge in [-0.15, -0.1) is 11.3 Å². The van der Waals surface area contributed by atoms with E-state index in [1.165, 1.54) is 55.4 Å². The largest absolute Gasteiger partial charge is 0.293 e. The summed E-state index contributed by atoms with van der Waals surface area (Å²) in [6.45, 7) is 2.20. The van der Waals surface area contributed by atoms with Crippen LogP contribution in [0.25, 0.3) is 0 Å². The first kappa shape index (κ1) is 12.8. The van der Waals surface area contributed by atoms with Crippen molar-refractivity contribution in [1.82, 2.24) is 0 Å². The fourth-order valence-corrected chi connectivity index (χ4v) is 3.68. The fraction of sp³-hybridized carbons (Fsp3) is 0.667. The second-order valence-corrected chi connectivity index (χ2v) is 6.14. The molecule has 2 rings (SSSR count). The van der Waals surface area contributed by atoms with Crippen molar-refractivity contribution in [3.05, 3.63) is 21.4 Å². The minimum absolute atomic E-state index is 0.375. The van der Waals surface area contributed by atoms with Gasteiger partial charge in [0.2, 0.25) is 0 Å². The van der Waals surface area contributed by atoms with E-state index in [1.807, 2.05) is 0 Å². The number of carbonyl (C=O) groups excluding carboxylic acids is 1. The third-order valence-corrected chi connectivity index (χ3v) is 4.81. The van der Waals surface area contributed by atoms with Crippen molar-refractivity contribution in [1.29, 1.82) is 0 Å². The maximum Gasteiger partial charge on any atom is 0.172 e. The number of Topliss-reactive ketones (excluding diaryl/α,β-unsaturated/α-hetero) is 1. The van der Waals surface area contributed by atoms with Gasteiger partial charge in [-0.25, -0.2) is 0 Å². The minimum atomic E-state index is 0.375. The van der Waals surface area contributed by atoms with Gasteiger partial charge in [0.15, 0.2) is 5.78 Å². The van der Waals surface area contributed by atoms with Crippen molar-refractivity contribution >= 4 is 17.1 Å². The van der Waals surface area contributed by atoms with E-state index in [1.54, 1.807) is 11.3 Å². The van der Waals surface area contributed by atoms with Crippen LogP contribution in [0, 0.1) is 0 Å². The van der Waals surface area contributed by atoms with Gasteiger partial charge in [0.05, 0.1) is 4.88 Å². The average molecular weight is 250 g/mol. The molecule has 1 aromatic heterocycles. The van der Waals surface area contributed by atoms with Gasteiger partial charge in [0.25, 0.3) is 0 Å². The Morgan fingerprint density at radius 3 is 2.82 bits per heavy atom. The van der Waals surface area contributed by atoms with E-state index in [0.29, 0.717) is 5.78 Å². The molecule has 0 atom stereocenters. The first-order valence-electron chi connectivity index (χ1n) is 6.96. The summed E-state index contributed by atoms with van der Waals surface area (Å²) in [4.78, 5) is 14.5. The van der Waals surface area contributed by atoms with Crippen molar-refractivity contribution < 1.29 is 4.79 Å². The number of rotatable bonds is 6. The zero-order valence-corrected chi connectivity index (χ0v) is 11.6. The summed E-state index contributed by atoms with van der Waals surface area (Å²) in [7, 11) is 0. The van der Waals surface area contributed by atoms with Crippen LogP contribution in [-0.2, 0) is 12.8 Å². The number of fused-ring (bicyclic) bond motifs is 1. The lowest BCUT2D eigenvalue weighted by molar-refractivity contribution is 0.0983. The second kappa shape index (κ2) is 6.34. The summed E-state index contributed by atoms with van der Waals surface area (Å²) in [6, 6.07) is 2.17. The summed E-state index contributed by atoms with van der Waals surface area (Å²) >= 11 is 1.76. The van der Waals surface area contributed by atoms with E-state index < -0.39 is 0 Å². The van der Waals surface area contributed by atoms with Gasteiger partial charge in [-0.05, 0) is 43.7 Å². The van der Waals surface area contributed by atoms with Gasteiger partial charge in [0, 0.05) is 11.3 Å². The SMILES string of the molecule is CCCCCCC(=O)c1cc2c(s1)CCCC2. The van der Waals surface area contributed by atoms with Crippen LogP contribution in [0.15, 0.2) is 6.07 Å². The van der Waals surface area contributed by atoms with Crippen molar-refractivity contribution in [2.45, 2.75) is 64.7 Å². The molecule has 0 bridgehead atoms. The maximum absolute atomic E-state index is 12.0. The lowest BCUT2D eigenvalue weighted by atomic mass is 9.99. The fourth-order valence-electron chi connectivity index (χ4n) is 2.46. The van der Waals surface area contributed by atoms with E-state index in [-0.39, 0.29) is 0 Å². The number of carbonyl (C=O) groups is 1. The summed E-state index contributed by atoms with van der Waals surface area (Å²) in [5, 5.41) is 0. The molecule has 0 amide bonds. The molecule has 2 heteroatoms. The molecule has 1 heterocycles. The number of unbranched alkanes of at least 4 members (excludes halogenated alkanes) is 3. The van der Waals surface area contributed by atoms with Crippen LogP contribution in [0.2, 0.25) is 0 Å². The zero-order chi connectivity index (χ0) is 12.1. The molecule has 1 aromatic rings. The number of aryl methyl sites for hydroxylation is 2. The van der Waals surface area contributed by atoms with Gasteiger partial charge in [0.1, 0.15) is 0 Å². The summed E-state index contributed by atoms with van der Waals surface area (Å²) < 4.78 is 0. The maximum atomic E-state index is 12.0. The van der Waals surface area contributed by atoms with Crippen molar-refractivity contribution in [2.75, 3.05) is 0 Å². The number of thiophene rings is 1. The molecule has 1 aliphatic carbocycles. The third-order valence-electron chi connectivity index (χ3n) is 3.53. The summed E-state index contributed by atoms with van der Waals surface area (Å²) in [5.74, 6) is 0.375. The lowest BCUT2D eigenvalue weighted by Gasteiger charge is -2.08. The van der Waals surface area contributed by atoms with Gasteiger partial charge >= 0.3 is 0 Å². The molecular formula is C15H22OS. The van der Waals surface area contributed by atoms with Crippen LogP contribution < -0.4 is 0 Å². The summed E-state index contributed by atoms with van der Waals surface area (Å²) in [6.07, 6.45) is 10.5. The van der Waals surface area contributed by atoms with Crippen molar-refractivity contribution in [3.8, 4) is 0 Å². The smallest absolute Gasteiger partial charge is 0.172 e. The molecule has 0 saturated heterocycles. The highest BCUT2D eigenvalue weighted by atomic mass is 32.1. The Hall–Kier alpha value is -0.630. The molecule has 17 heavy (non-hydrogen) atoms. The molecular weight excluding hydrogens is 228 g/mol. The van der Waals surface area contributed by atoms with Crippen LogP contribution in [0.5, 0.6) is 0 Å². The van der Waals surface area contributed by atoms with Gasteiger partial charge < -0.3 is 0 Å². The molecule has 0 fully saturated rings. The molecule has 0 spiro atoms. The topological polar surface area (TPSA) is 17.1 Å². The number of hydrogen-bond acceptors (Lipinski definition) is 2. The van der Waals surface area contributed by atoms with Crippen LogP contribution in [0.3, 0.4) is 0 Å². The van der Waals surface area contributed by atoms with Gasteiger partial charge in [-0.2, -0.15) is 0 Å². The Labute approximate surface area is 108 Å². The average Bonchev–Trinajstić information content (AvgIpc) is 2.78. The molecule has 1 nitrogen and oxygen atoms in total. The second-order valence-electron chi connectivity index (χ2n) is 5.00. The first-order valence-corrected chi connectivity index (χ1v) is 7.77. The van der Waals surface area contributed by atoms with E-state index in [4.69, 9.17) is 0 Å². The Morgan fingerprint density at radius 2 is 2.06 bits per heavy atom. The van der Waals surface area contributed by atoms with E-state index in [0.717, 1.165) is 17.7 Å². The van der Waals surface area contributed by atoms with Crippen LogP contribution >= 0.6 is 11.3 Å². The van der Waals surface area contributed by atoms with Crippen molar-refractivity contribution in [2.24, 2.45) is 0 Å². The predicted molar refractivity (Wildman–Crippen MR) is 74.1 cm³/mol. The van der Waals surface area contributed by atoms with E-state index in [2.05, 4.69) is 13.0 Å². The highest BCUT2D eigenvalue weighted by molar-refractivity contribution is 7.14. The van der Waals surface area contributed by atoms with Crippen LogP contribution in [0.1, 0.15) is 72.0 Å². The normalized spacial score (nSPS) is 14.6. The Kier molecular flexibility index (Phi) is 4.78. The highest BCUT2D eigenvalue weighted by Crippen LogP contribution is 2.30. The molecule has 94 valence electrons. The van der Waals surface area contributed by atoms with Gasteiger partial charge in [-0.1, -0.05) is 26.2 Å². The predicted octanol–water partition coefficient (Wildman–Crippen LogP) is 4.78. The van der Waals surface area contributed by atoms with Crippen LogP contribution in [-0.4, -0.2) is 5.78 Å². The monoisotopic (exact) mass is 250 g/mol. The third kappa shape index (κ3) is 3.41. The molecule has 0 aromatic carbocycles. The zero-order valence-electron chi connectivity index (χ0n) is 10.8. The molecule has 0 aliphatic heterocycles. The molecule has 1 aliphatic rings. The Morgan fingerprint density at radius 1 is 1.24 bits per heavy atom. The molecule has 0 unspecified atom stereocenters. The number of hydrogen-bond donors (Lipinski definition) is 0. The first-order chi connectivity index (χ1) is 8.31. The highest BCUT2D eigenvalue weighted by Gasteiger charge is 2.16. The Bertz CT molecular complexity index is 355. The van der Waals surface area contributed by atoms with Crippen LogP contribution in [0.4, 0.5) is 0 Å². The quantitative estimate of drug-likeness (QED) is 0.524. The standard InChI is InChI=1S/C15H22OS/c1-2-3-4-5-9-13(16)15-11-12-8-6-7-10-14(12)17-15/h11H,2-10H2,1H3.